The number of sulfonamides is 1. The summed E-state index contributed by atoms with van der Waals surface area (Å²) < 4.78 is 64.8. The van der Waals surface area contributed by atoms with Crippen LogP contribution in [0.2, 0.25) is 0 Å². The van der Waals surface area contributed by atoms with E-state index in [0.29, 0.717) is 25.9 Å². The fraction of sp³-hybridized carbons (Fsp3) is 0.750. The maximum absolute atomic E-state index is 12.3. The monoisotopic (exact) mass is 340 g/mol. The van der Waals surface area contributed by atoms with Crippen LogP contribution in [-0.4, -0.2) is 55.5 Å². The summed E-state index contributed by atoms with van der Waals surface area (Å²) >= 11 is 0. The molecule has 0 amide bonds. The Kier molecular flexibility index (Phi) is 5.13. The third-order valence-corrected chi connectivity index (χ3v) is 5.04. The normalized spacial score (nSPS) is 18.7. The van der Waals surface area contributed by atoms with Crippen molar-refractivity contribution in [1.82, 2.24) is 19.4 Å². The number of hydrogen-bond donors (Lipinski definition) is 1. The average molecular weight is 340 g/mol. The van der Waals surface area contributed by atoms with Gasteiger partial charge in [0.15, 0.2) is 0 Å². The molecule has 0 aromatic carbocycles. The molecule has 1 aromatic rings. The molecule has 1 aromatic heterocycles. The van der Waals surface area contributed by atoms with Crippen molar-refractivity contribution in [3.63, 3.8) is 0 Å². The number of rotatable bonds is 5. The first kappa shape index (κ1) is 17.2. The highest BCUT2D eigenvalue weighted by atomic mass is 32.2. The minimum Gasteiger partial charge on any atom is -0.295 e. The van der Waals surface area contributed by atoms with Crippen LogP contribution in [-0.2, 0) is 17.1 Å². The van der Waals surface area contributed by atoms with E-state index in [1.54, 1.807) is 7.05 Å². The maximum Gasteiger partial charge on any atom is 0.401 e. The quantitative estimate of drug-likeness (QED) is 0.867. The minimum atomic E-state index is -4.19. The maximum atomic E-state index is 12.3. The predicted molar refractivity (Wildman–Crippen MR) is 73.6 cm³/mol. The van der Waals surface area contributed by atoms with E-state index < -0.39 is 22.7 Å². The zero-order valence-electron chi connectivity index (χ0n) is 12.2. The third-order valence-electron chi connectivity index (χ3n) is 3.66. The Morgan fingerprint density at radius 2 is 2.00 bits per heavy atom. The summed E-state index contributed by atoms with van der Waals surface area (Å²) in [7, 11) is -1.99. The SMILES string of the molecule is Cn1cc(S(=O)(=O)NCC2CCN(CC(F)(F)F)CC2)cn1. The highest BCUT2D eigenvalue weighted by Crippen LogP contribution is 2.22. The van der Waals surface area contributed by atoms with Gasteiger partial charge >= 0.3 is 6.18 Å². The summed E-state index contributed by atoms with van der Waals surface area (Å²) in [6, 6.07) is 0. The van der Waals surface area contributed by atoms with Crippen LogP contribution in [0.1, 0.15) is 12.8 Å². The van der Waals surface area contributed by atoms with Gasteiger partial charge in [-0.3, -0.25) is 9.58 Å². The molecule has 0 spiro atoms. The van der Waals surface area contributed by atoms with E-state index in [4.69, 9.17) is 0 Å². The van der Waals surface area contributed by atoms with Crippen LogP contribution in [0, 0.1) is 5.92 Å². The summed E-state index contributed by atoms with van der Waals surface area (Å²) in [5, 5.41) is 3.81. The molecule has 6 nitrogen and oxygen atoms in total. The van der Waals surface area contributed by atoms with Crippen molar-refractivity contribution in [3.8, 4) is 0 Å². The fourth-order valence-electron chi connectivity index (χ4n) is 2.45. The van der Waals surface area contributed by atoms with E-state index in [-0.39, 0.29) is 17.4 Å². The molecule has 22 heavy (non-hydrogen) atoms. The number of nitrogens with zero attached hydrogens (tertiary/aromatic N) is 3. The van der Waals surface area contributed by atoms with Gasteiger partial charge in [0, 0.05) is 19.8 Å². The number of piperidine rings is 1. The topological polar surface area (TPSA) is 67.2 Å². The second-order valence-electron chi connectivity index (χ2n) is 5.54. The number of nitrogens with one attached hydrogen (secondary N) is 1. The lowest BCUT2D eigenvalue weighted by atomic mass is 9.97. The van der Waals surface area contributed by atoms with E-state index in [2.05, 4.69) is 9.82 Å². The predicted octanol–water partition coefficient (Wildman–Crippen LogP) is 0.973. The Labute approximate surface area is 127 Å². The highest BCUT2D eigenvalue weighted by molar-refractivity contribution is 7.89. The van der Waals surface area contributed by atoms with Crippen LogP contribution in [0.4, 0.5) is 13.2 Å². The van der Waals surface area contributed by atoms with Gasteiger partial charge in [0.25, 0.3) is 0 Å². The smallest absolute Gasteiger partial charge is 0.295 e. The molecular formula is C12H19F3N4O2S. The van der Waals surface area contributed by atoms with Crippen molar-refractivity contribution < 1.29 is 21.6 Å². The van der Waals surface area contributed by atoms with E-state index in [0.717, 1.165) is 0 Å². The molecule has 0 radical (unpaired) electrons. The molecule has 1 aliphatic rings. The zero-order valence-corrected chi connectivity index (χ0v) is 13.0. The molecule has 2 rings (SSSR count). The Hall–Kier alpha value is -1.13. The van der Waals surface area contributed by atoms with Gasteiger partial charge < -0.3 is 0 Å². The fourth-order valence-corrected chi connectivity index (χ4v) is 3.55. The first-order chi connectivity index (χ1) is 10.2. The van der Waals surface area contributed by atoms with Crippen LogP contribution in [0.15, 0.2) is 17.3 Å². The Bertz CT molecular complexity index is 592. The van der Waals surface area contributed by atoms with Crippen LogP contribution in [0.3, 0.4) is 0 Å². The molecule has 1 N–H and O–H groups in total. The average Bonchev–Trinajstić information content (AvgIpc) is 2.84. The van der Waals surface area contributed by atoms with Gasteiger partial charge in [-0.1, -0.05) is 0 Å². The van der Waals surface area contributed by atoms with E-state index in [9.17, 15) is 21.6 Å². The van der Waals surface area contributed by atoms with Crippen LogP contribution in [0.25, 0.3) is 0 Å². The summed E-state index contributed by atoms with van der Waals surface area (Å²) in [4.78, 5) is 1.44. The van der Waals surface area contributed by atoms with Gasteiger partial charge in [-0.05, 0) is 31.8 Å². The Balaban J connectivity index is 1.79. The number of aromatic nitrogens is 2. The third kappa shape index (κ3) is 4.96. The number of hydrogen-bond acceptors (Lipinski definition) is 4. The minimum absolute atomic E-state index is 0.0518. The lowest BCUT2D eigenvalue weighted by Gasteiger charge is -2.32. The molecular weight excluding hydrogens is 321 g/mol. The van der Waals surface area contributed by atoms with Crippen LogP contribution in [0.5, 0.6) is 0 Å². The van der Waals surface area contributed by atoms with Crippen LogP contribution >= 0.6 is 0 Å². The van der Waals surface area contributed by atoms with Crippen molar-refractivity contribution >= 4 is 10.0 Å². The van der Waals surface area contributed by atoms with E-state index in [1.165, 1.54) is 22.0 Å². The zero-order chi connectivity index (χ0) is 16.4. The largest absolute Gasteiger partial charge is 0.401 e. The molecule has 0 bridgehead atoms. The van der Waals surface area contributed by atoms with E-state index >= 15 is 0 Å². The summed E-state index contributed by atoms with van der Waals surface area (Å²) in [6.07, 6.45) is -0.436. The molecule has 0 aliphatic carbocycles. The van der Waals surface area contributed by atoms with Crippen molar-refractivity contribution in [2.75, 3.05) is 26.2 Å². The second kappa shape index (κ2) is 6.55. The van der Waals surface area contributed by atoms with Gasteiger partial charge in [-0.2, -0.15) is 18.3 Å². The number of likely N-dealkylation sites (tertiary alicyclic amines) is 1. The second-order valence-corrected chi connectivity index (χ2v) is 7.30. The summed E-state index contributed by atoms with van der Waals surface area (Å²) in [5.74, 6) is 0.0518. The Morgan fingerprint density at radius 1 is 1.36 bits per heavy atom. The van der Waals surface area contributed by atoms with Crippen molar-refractivity contribution in [1.29, 1.82) is 0 Å². The number of halogens is 3. The van der Waals surface area contributed by atoms with Gasteiger partial charge in [-0.25, -0.2) is 13.1 Å². The van der Waals surface area contributed by atoms with Gasteiger partial charge in [0.1, 0.15) is 4.90 Å². The molecule has 126 valence electrons. The first-order valence-electron chi connectivity index (χ1n) is 6.93. The highest BCUT2D eigenvalue weighted by Gasteiger charge is 2.32. The number of alkyl halides is 3. The summed E-state index contributed by atoms with van der Waals surface area (Å²) in [5.41, 5.74) is 0. The van der Waals surface area contributed by atoms with Gasteiger partial charge in [0.05, 0.1) is 12.7 Å². The van der Waals surface area contributed by atoms with Crippen molar-refractivity contribution in [2.45, 2.75) is 23.9 Å². The van der Waals surface area contributed by atoms with E-state index in [1.807, 2.05) is 0 Å². The van der Waals surface area contributed by atoms with Gasteiger partial charge in [-0.15, -0.1) is 0 Å². The molecule has 0 saturated carbocycles. The van der Waals surface area contributed by atoms with Crippen molar-refractivity contribution in [3.05, 3.63) is 12.4 Å². The lowest BCUT2D eigenvalue weighted by Crippen LogP contribution is -2.42. The summed E-state index contributed by atoms with van der Waals surface area (Å²) in [6.45, 7) is -0.00416. The van der Waals surface area contributed by atoms with Crippen molar-refractivity contribution in [2.24, 2.45) is 13.0 Å². The Morgan fingerprint density at radius 3 is 2.50 bits per heavy atom. The van der Waals surface area contributed by atoms with Crippen LogP contribution < -0.4 is 4.72 Å². The number of aryl methyl sites for hydroxylation is 1. The first-order valence-corrected chi connectivity index (χ1v) is 8.41. The molecule has 1 saturated heterocycles. The molecule has 0 atom stereocenters. The molecule has 10 heteroatoms. The lowest BCUT2D eigenvalue weighted by molar-refractivity contribution is -0.148. The van der Waals surface area contributed by atoms with Gasteiger partial charge in [0.2, 0.25) is 10.0 Å². The molecule has 1 aliphatic heterocycles. The molecule has 2 heterocycles. The molecule has 1 fully saturated rings. The standard InChI is InChI=1S/C12H19F3N4O2S/c1-18-8-11(7-16-18)22(20,21)17-6-10-2-4-19(5-3-10)9-12(13,14)15/h7-8,10,17H,2-6,9H2,1H3. The molecule has 0 unspecified atom stereocenters.